The van der Waals surface area contributed by atoms with Gasteiger partial charge in [-0.2, -0.15) is 18.3 Å². The summed E-state index contributed by atoms with van der Waals surface area (Å²) in [6, 6.07) is 8.98. The van der Waals surface area contributed by atoms with Crippen LogP contribution in [0, 0.1) is 5.92 Å². The molecule has 1 aliphatic carbocycles. The number of imidazole rings is 1. The summed E-state index contributed by atoms with van der Waals surface area (Å²) in [5.74, 6) is -6.09. The molecule has 1 saturated carbocycles. The van der Waals surface area contributed by atoms with Gasteiger partial charge in [0, 0.05) is 37.2 Å². The second kappa shape index (κ2) is 15.2. The molecule has 0 bridgehead atoms. The number of amides is 3. The van der Waals surface area contributed by atoms with Crippen molar-refractivity contribution in [2.24, 2.45) is 13.0 Å². The summed E-state index contributed by atoms with van der Waals surface area (Å²) in [6.07, 6.45) is -2.97. The first-order chi connectivity index (χ1) is 28.0. The predicted molar refractivity (Wildman–Crippen MR) is 200 cm³/mol. The van der Waals surface area contributed by atoms with E-state index >= 15 is 8.78 Å². The van der Waals surface area contributed by atoms with Crippen LogP contribution in [0.4, 0.5) is 36.4 Å². The van der Waals surface area contributed by atoms with Crippen LogP contribution in [0.15, 0.2) is 59.5 Å². The van der Waals surface area contributed by atoms with Crippen molar-refractivity contribution in [3.05, 3.63) is 87.7 Å². The number of carbonyl (C=O) groups excluding carboxylic acids is 3. The number of benzene rings is 2. The van der Waals surface area contributed by atoms with Crippen molar-refractivity contribution in [2.45, 2.75) is 81.5 Å². The van der Waals surface area contributed by atoms with Gasteiger partial charge in [-0.25, -0.2) is 27.3 Å². The van der Waals surface area contributed by atoms with Gasteiger partial charge in [-0.1, -0.05) is 12.1 Å². The molecule has 5 aromatic rings. The standard InChI is InChI=1S/C40H39F7N8O4/c1-52-32-16-22(7-10-30(32)55(38(52)59)31-11-12-34(56)50-37(31)58)26-13-14-53(20-39(26,43)44)18-21-5-8-24(9-6-21)54-19-23-15-29(25(35(41)42)17-28(23)51-54)49-36(57)27-3-2-4-33(48-27)40(45,46)47/h2-4,7,10,15-17,19,21,24,26,31,35H,5-6,8-9,11-14,18,20H2,1H3,(H,49,57)(H,50,56,58)/t21-,24-,26?,31?. The largest absolute Gasteiger partial charge is 0.433 e. The minimum absolute atomic E-state index is 0.0846. The van der Waals surface area contributed by atoms with Gasteiger partial charge >= 0.3 is 11.9 Å². The molecule has 3 amide bonds. The van der Waals surface area contributed by atoms with Crippen LogP contribution in [0.25, 0.3) is 21.9 Å². The average molecular weight is 829 g/mol. The summed E-state index contributed by atoms with van der Waals surface area (Å²) < 4.78 is 104. The van der Waals surface area contributed by atoms with E-state index in [1.165, 1.54) is 22.2 Å². The Bertz CT molecular complexity index is 2520. The molecule has 2 aliphatic heterocycles. The predicted octanol–water partition coefficient (Wildman–Crippen LogP) is 7.13. The molecular formula is C40H39F7N8O4. The molecule has 5 heterocycles. The number of nitrogens with one attached hydrogen (secondary N) is 2. The zero-order chi connectivity index (χ0) is 42.0. The average Bonchev–Trinajstić information content (AvgIpc) is 3.71. The molecule has 12 nitrogen and oxygen atoms in total. The number of alkyl halides is 7. The lowest BCUT2D eigenvalue weighted by molar-refractivity contribution is -0.141. The highest BCUT2D eigenvalue weighted by molar-refractivity contribution is 6.04. The van der Waals surface area contributed by atoms with E-state index < -0.39 is 77.4 Å². The van der Waals surface area contributed by atoms with Gasteiger partial charge in [0.15, 0.2) is 0 Å². The number of pyridine rings is 1. The SMILES string of the molecule is Cn1c(=O)n(C2CCC(=O)NC2=O)c2ccc(C3CCN(C[C@H]4CC[C@H](n5cc6cc(NC(=O)c7cccc(C(F)(F)F)n7)c(C(F)F)cc6n5)CC4)CC3(F)F)cc21. The number of fused-ring (bicyclic) bond motifs is 2. The van der Waals surface area contributed by atoms with Gasteiger partial charge in [0.05, 0.1) is 40.7 Å². The van der Waals surface area contributed by atoms with E-state index in [0.29, 0.717) is 54.0 Å². The van der Waals surface area contributed by atoms with Crippen molar-refractivity contribution in [3.63, 3.8) is 0 Å². The third-order valence-electron chi connectivity index (χ3n) is 11.9. The van der Waals surface area contributed by atoms with Gasteiger partial charge in [-0.3, -0.25) is 38.4 Å². The third-order valence-corrected chi connectivity index (χ3v) is 11.9. The number of piperidine rings is 2. The second-order valence-electron chi connectivity index (χ2n) is 15.7. The first-order valence-corrected chi connectivity index (χ1v) is 19.3. The first-order valence-electron chi connectivity index (χ1n) is 19.3. The highest BCUT2D eigenvalue weighted by Gasteiger charge is 2.46. The monoisotopic (exact) mass is 828 g/mol. The van der Waals surface area contributed by atoms with Crippen molar-refractivity contribution in [1.29, 1.82) is 0 Å². The Morgan fingerprint density at radius 1 is 0.983 bits per heavy atom. The molecule has 2 atom stereocenters. The minimum Gasteiger partial charge on any atom is -0.320 e. The van der Waals surface area contributed by atoms with Crippen molar-refractivity contribution in [2.75, 3.05) is 25.0 Å². The maximum atomic E-state index is 15.9. The lowest BCUT2D eigenvalue weighted by Crippen LogP contribution is -2.49. The molecule has 0 radical (unpaired) electrons. The van der Waals surface area contributed by atoms with Gasteiger partial charge in [0.1, 0.15) is 17.4 Å². The topological polar surface area (TPSA) is 136 Å². The number of nitrogens with zero attached hydrogens (tertiary/aromatic N) is 6. The number of halogens is 7. The summed E-state index contributed by atoms with van der Waals surface area (Å²) in [5, 5.41) is 9.50. The summed E-state index contributed by atoms with van der Waals surface area (Å²) >= 11 is 0. The lowest BCUT2D eigenvalue weighted by Gasteiger charge is -2.41. The van der Waals surface area contributed by atoms with Crippen LogP contribution >= 0.6 is 0 Å². The number of anilines is 1. The molecule has 3 fully saturated rings. The minimum atomic E-state index is -4.80. The van der Waals surface area contributed by atoms with Gasteiger partial charge in [0.2, 0.25) is 11.8 Å². The van der Waals surface area contributed by atoms with Gasteiger partial charge in [-0.05, 0) is 92.9 Å². The van der Waals surface area contributed by atoms with E-state index in [0.717, 1.165) is 31.0 Å². The molecule has 3 aromatic heterocycles. The summed E-state index contributed by atoms with van der Waals surface area (Å²) in [6.45, 7) is 0.472. The molecule has 19 heteroatoms. The first kappa shape index (κ1) is 40.2. The summed E-state index contributed by atoms with van der Waals surface area (Å²) in [7, 11) is 1.52. The zero-order valence-electron chi connectivity index (χ0n) is 31.6. The fourth-order valence-electron chi connectivity index (χ4n) is 8.85. The van der Waals surface area contributed by atoms with Crippen molar-refractivity contribution in [1.82, 2.24) is 34.1 Å². The molecule has 2 aromatic carbocycles. The van der Waals surface area contributed by atoms with Gasteiger partial charge < -0.3 is 5.32 Å². The highest BCUT2D eigenvalue weighted by Crippen LogP contribution is 2.43. The quantitative estimate of drug-likeness (QED) is 0.126. The van der Waals surface area contributed by atoms with Crippen LogP contribution in [0.2, 0.25) is 0 Å². The third kappa shape index (κ3) is 7.83. The number of likely N-dealkylation sites (tertiary alicyclic amines) is 1. The number of imide groups is 1. The van der Waals surface area contributed by atoms with Crippen LogP contribution < -0.4 is 16.3 Å². The maximum Gasteiger partial charge on any atom is 0.433 e. The van der Waals surface area contributed by atoms with Crippen LogP contribution in [0.1, 0.15) is 96.7 Å². The number of hydrogen-bond acceptors (Lipinski definition) is 7. The van der Waals surface area contributed by atoms with E-state index in [1.54, 1.807) is 34.0 Å². The molecule has 2 N–H and O–H groups in total. The molecule has 0 spiro atoms. The molecule has 59 heavy (non-hydrogen) atoms. The Morgan fingerprint density at radius 3 is 2.44 bits per heavy atom. The summed E-state index contributed by atoms with van der Waals surface area (Å²) in [5.41, 5.74) is -1.70. The number of rotatable bonds is 8. The van der Waals surface area contributed by atoms with E-state index in [1.807, 2.05) is 0 Å². The van der Waals surface area contributed by atoms with E-state index in [2.05, 4.69) is 20.7 Å². The van der Waals surface area contributed by atoms with E-state index in [4.69, 9.17) is 0 Å². The fraction of sp³-hybridized carbons (Fsp3) is 0.450. The number of aromatic nitrogens is 5. The molecule has 3 aliphatic rings. The smallest absolute Gasteiger partial charge is 0.320 e. The molecule has 8 rings (SSSR count). The second-order valence-corrected chi connectivity index (χ2v) is 15.7. The van der Waals surface area contributed by atoms with Gasteiger partial charge in [-0.15, -0.1) is 0 Å². The Balaban J connectivity index is 0.898. The normalized spacial score (nSPS) is 22.9. The van der Waals surface area contributed by atoms with Crippen LogP contribution in [-0.4, -0.2) is 72.1 Å². The highest BCUT2D eigenvalue weighted by atomic mass is 19.4. The fourth-order valence-corrected chi connectivity index (χ4v) is 8.85. The van der Waals surface area contributed by atoms with Gasteiger partial charge in [0.25, 0.3) is 18.3 Å². The van der Waals surface area contributed by atoms with Crippen molar-refractivity contribution in [3.8, 4) is 0 Å². The lowest BCUT2D eigenvalue weighted by atomic mass is 9.83. The zero-order valence-corrected chi connectivity index (χ0v) is 31.6. The Hall–Kier alpha value is -5.59. The molecule has 312 valence electrons. The van der Waals surface area contributed by atoms with Crippen LogP contribution in [0.3, 0.4) is 0 Å². The number of carbonyl (C=O) groups is 3. The van der Waals surface area contributed by atoms with Crippen molar-refractivity contribution >= 4 is 45.3 Å². The Labute approximate surface area is 331 Å². The van der Waals surface area contributed by atoms with Crippen LogP contribution in [0.5, 0.6) is 0 Å². The molecular weight excluding hydrogens is 789 g/mol. The summed E-state index contributed by atoms with van der Waals surface area (Å²) in [4.78, 5) is 55.3. The Kier molecular flexibility index (Phi) is 10.4. The van der Waals surface area contributed by atoms with E-state index in [9.17, 15) is 41.1 Å². The number of hydrogen-bond donors (Lipinski definition) is 2. The van der Waals surface area contributed by atoms with E-state index in [-0.39, 0.29) is 42.4 Å². The van der Waals surface area contributed by atoms with Crippen LogP contribution in [-0.2, 0) is 22.8 Å². The molecule has 2 unspecified atom stereocenters. The number of aryl methyl sites for hydroxylation is 1. The van der Waals surface area contributed by atoms with Crippen molar-refractivity contribution < 1.29 is 45.1 Å². The Morgan fingerprint density at radius 2 is 1.75 bits per heavy atom. The molecule has 2 saturated heterocycles. The maximum absolute atomic E-state index is 15.9.